The summed E-state index contributed by atoms with van der Waals surface area (Å²) in [6.45, 7) is 6.94. The van der Waals surface area contributed by atoms with E-state index in [1.54, 1.807) is 0 Å². The predicted octanol–water partition coefficient (Wildman–Crippen LogP) is 4.50. The minimum Gasteiger partial charge on any atom is -0.481 e. The molecule has 1 N–H and O–H groups in total. The van der Waals surface area contributed by atoms with Crippen molar-refractivity contribution in [3.63, 3.8) is 0 Å². The summed E-state index contributed by atoms with van der Waals surface area (Å²) in [4.78, 5) is 30.3. The van der Waals surface area contributed by atoms with Crippen molar-refractivity contribution in [1.82, 2.24) is 9.80 Å². The number of unbranched alkanes of at least 4 members (excludes halogenated alkanes) is 2. The van der Waals surface area contributed by atoms with Crippen molar-refractivity contribution in [3.05, 3.63) is 23.8 Å². The first kappa shape index (κ1) is 24.8. The Hall–Kier alpha value is -2.28. The molecule has 4 rings (SSSR count). The average molecular weight is 473 g/mol. The highest BCUT2D eigenvalue weighted by Crippen LogP contribution is 2.46. The second-order valence-corrected chi connectivity index (χ2v) is 10.1. The largest absolute Gasteiger partial charge is 0.481 e. The number of aliphatic carboxylic acids is 1. The maximum atomic E-state index is 13.4. The fourth-order valence-corrected chi connectivity index (χ4v) is 6.12. The number of hydrogen-bond acceptors (Lipinski definition) is 5. The van der Waals surface area contributed by atoms with E-state index in [-0.39, 0.29) is 24.7 Å². The third kappa shape index (κ3) is 5.35. The quantitative estimate of drug-likeness (QED) is 0.511. The van der Waals surface area contributed by atoms with E-state index in [2.05, 4.69) is 18.7 Å². The maximum Gasteiger partial charge on any atom is 0.308 e. The van der Waals surface area contributed by atoms with Gasteiger partial charge in [0.1, 0.15) is 0 Å². The normalized spacial score (nSPS) is 24.6. The van der Waals surface area contributed by atoms with Crippen LogP contribution in [-0.2, 0) is 9.59 Å². The number of carboxylic acid groups (broad SMARTS) is 1. The summed E-state index contributed by atoms with van der Waals surface area (Å²) in [5.74, 6) is 0.381. The van der Waals surface area contributed by atoms with Gasteiger partial charge in [0.2, 0.25) is 12.7 Å². The van der Waals surface area contributed by atoms with Gasteiger partial charge >= 0.3 is 5.97 Å². The number of rotatable bonds is 11. The molecule has 3 atom stereocenters. The van der Waals surface area contributed by atoms with Crippen molar-refractivity contribution < 1.29 is 24.2 Å². The number of benzene rings is 1. The number of nitrogens with zero attached hydrogens (tertiary/aromatic N) is 2. The van der Waals surface area contributed by atoms with Crippen molar-refractivity contribution >= 4 is 11.9 Å². The van der Waals surface area contributed by atoms with Crippen LogP contribution in [0.5, 0.6) is 11.5 Å². The van der Waals surface area contributed by atoms with Crippen LogP contribution in [0.1, 0.15) is 76.7 Å². The molecule has 188 valence electrons. The Morgan fingerprint density at radius 1 is 1.06 bits per heavy atom. The van der Waals surface area contributed by atoms with E-state index in [0.29, 0.717) is 30.5 Å². The van der Waals surface area contributed by atoms with Crippen LogP contribution in [0.25, 0.3) is 0 Å². The van der Waals surface area contributed by atoms with Crippen LogP contribution in [0.3, 0.4) is 0 Å². The Bertz CT molecular complexity index is 845. The summed E-state index contributed by atoms with van der Waals surface area (Å²) in [6.07, 6.45) is 8.48. The van der Waals surface area contributed by atoms with Crippen molar-refractivity contribution in [2.45, 2.75) is 77.2 Å². The van der Waals surface area contributed by atoms with Crippen molar-refractivity contribution in [3.8, 4) is 11.5 Å². The number of ether oxygens (including phenoxy) is 2. The maximum absolute atomic E-state index is 13.4. The molecule has 1 aliphatic carbocycles. The molecule has 7 heteroatoms. The first-order valence-corrected chi connectivity index (χ1v) is 13.2. The summed E-state index contributed by atoms with van der Waals surface area (Å²) in [6, 6.07) is 5.68. The lowest BCUT2D eigenvalue weighted by Gasteiger charge is -2.33. The minimum absolute atomic E-state index is 0.112. The molecule has 0 radical (unpaired) electrons. The Kier molecular flexibility index (Phi) is 8.35. The predicted molar refractivity (Wildman–Crippen MR) is 130 cm³/mol. The number of carbonyl (C=O) groups excluding carboxylic acids is 1. The van der Waals surface area contributed by atoms with Gasteiger partial charge < -0.3 is 19.5 Å². The van der Waals surface area contributed by atoms with Gasteiger partial charge in [-0.05, 0) is 49.3 Å². The molecule has 1 aromatic rings. The molecule has 2 fully saturated rings. The van der Waals surface area contributed by atoms with Gasteiger partial charge in [0, 0.05) is 31.6 Å². The average Bonchev–Trinajstić information content (AvgIpc) is 3.57. The van der Waals surface area contributed by atoms with Crippen molar-refractivity contribution in [2.75, 3.05) is 33.0 Å². The highest BCUT2D eigenvalue weighted by molar-refractivity contribution is 5.79. The number of likely N-dealkylation sites (tertiary alicyclic amines) is 1. The van der Waals surface area contributed by atoms with Crippen LogP contribution in [0.2, 0.25) is 0 Å². The van der Waals surface area contributed by atoms with Crippen LogP contribution in [0.4, 0.5) is 0 Å². The van der Waals surface area contributed by atoms with E-state index in [9.17, 15) is 14.7 Å². The summed E-state index contributed by atoms with van der Waals surface area (Å²) in [5.41, 5.74) is 0.961. The van der Waals surface area contributed by atoms with E-state index in [1.165, 1.54) is 0 Å². The fourth-order valence-electron chi connectivity index (χ4n) is 6.12. The van der Waals surface area contributed by atoms with Crippen molar-refractivity contribution in [1.29, 1.82) is 0 Å². The zero-order valence-corrected chi connectivity index (χ0v) is 20.7. The van der Waals surface area contributed by atoms with Crippen LogP contribution in [0.15, 0.2) is 18.2 Å². The van der Waals surface area contributed by atoms with Gasteiger partial charge in [-0.25, -0.2) is 0 Å². The van der Waals surface area contributed by atoms with Gasteiger partial charge in [-0.15, -0.1) is 0 Å². The first-order chi connectivity index (χ1) is 16.5. The number of hydrogen-bond donors (Lipinski definition) is 1. The van der Waals surface area contributed by atoms with E-state index in [0.717, 1.165) is 70.0 Å². The van der Waals surface area contributed by atoms with Crippen LogP contribution in [-0.4, -0.2) is 65.8 Å². The first-order valence-electron chi connectivity index (χ1n) is 13.2. The molecule has 7 nitrogen and oxygen atoms in total. The molecule has 2 aliphatic heterocycles. The summed E-state index contributed by atoms with van der Waals surface area (Å²) < 4.78 is 11.0. The van der Waals surface area contributed by atoms with Gasteiger partial charge in [-0.1, -0.05) is 45.6 Å². The lowest BCUT2D eigenvalue weighted by Crippen LogP contribution is -2.47. The van der Waals surface area contributed by atoms with E-state index < -0.39 is 11.9 Å². The van der Waals surface area contributed by atoms with E-state index in [4.69, 9.17) is 9.47 Å². The van der Waals surface area contributed by atoms with E-state index in [1.807, 2.05) is 23.1 Å². The molecule has 0 aromatic heterocycles. The molecular formula is C27H40N2O5. The third-order valence-corrected chi connectivity index (χ3v) is 7.90. The van der Waals surface area contributed by atoms with Gasteiger partial charge in [-0.2, -0.15) is 0 Å². The molecule has 34 heavy (non-hydrogen) atoms. The van der Waals surface area contributed by atoms with Gasteiger partial charge in [0.15, 0.2) is 11.5 Å². The SMILES string of the molecule is CCCCN(CCCC)C(=O)CN1C[C@@H](c2ccc3c(c2)OCO3)[C@H](C(=O)O)[C@H]1C1CCCC1. The number of amides is 1. The number of fused-ring (bicyclic) bond motifs is 1. The Morgan fingerprint density at radius 2 is 1.74 bits per heavy atom. The minimum atomic E-state index is -0.761. The molecule has 0 unspecified atom stereocenters. The molecule has 1 aromatic carbocycles. The van der Waals surface area contributed by atoms with Crippen LogP contribution in [0, 0.1) is 11.8 Å². The summed E-state index contributed by atoms with van der Waals surface area (Å²) in [7, 11) is 0. The number of carbonyl (C=O) groups is 2. The zero-order chi connectivity index (χ0) is 24.1. The van der Waals surface area contributed by atoms with Crippen molar-refractivity contribution in [2.24, 2.45) is 11.8 Å². The molecule has 1 saturated heterocycles. The molecular weight excluding hydrogens is 432 g/mol. The fraction of sp³-hybridized carbons (Fsp3) is 0.704. The van der Waals surface area contributed by atoms with Crippen LogP contribution >= 0.6 is 0 Å². The Morgan fingerprint density at radius 3 is 2.38 bits per heavy atom. The smallest absolute Gasteiger partial charge is 0.308 e. The summed E-state index contributed by atoms with van der Waals surface area (Å²) >= 11 is 0. The highest BCUT2D eigenvalue weighted by Gasteiger charge is 2.50. The van der Waals surface area contributed by atoms with Gasteiger partial charge in [0.25, 0.3) is 0 Å². The number of carboxylic acids is 1. The van der Waals surface area contributed by atoms with Crippen LogP contribution < -0.4 is 9.47 Å². The molecule has 0 spiro atoms. The highest BCUT2D eigenvalue weighted by atomic mass is 16.7. The molecule has 1 saturated carbocycles. The Balaban J connectivity index is 1.59. The lowest BCUT2D eigenvalue weighted by atomic mass is 9.80. The molecule has 3 aliphatic rings. The van der Waals surface area contributed by atoms with Gasteiger partial charge in [0.05, 0.1) is 12.5 Å². The van der Waals surface area contributed by atoms with E-state index >= 15 is 0 Å². The summed E-state index contributed by atoms with van der Waals surface area (Å²) in [5, 5.41) is 10.4. The second kappa shape index (κ2) is 11.4. The Labute approximate surface area is 203 Å². The molecule has 0 bridgehead atoms. The lowest BCUT2D eigenvalue weighted by molar-refractivity contribution is -0.144. The third-order valence-electron chi connectivity index (χ3n) is 7.90. The zero-order valence-electron chi connectivity index (χ0n) is 20.7. The molecule has 1 amide bonds. The monoisotopic (exact) mass is 472 g/mol. The standard InChI is InChI=1S/C27H40N2O5/c1-3-5-13-28(14-6-4-2)24(30)17-29-16-21(20-11-12-22-23(15-20)34-18-33-22)25(27(31)32)26(29)19-9-7-8-10-19/h11-12,15,19,21,25-26H,3-10,13-14,16-18H2,1-2H3,(H,31,32)/t21-,25-,26+/m0/s1. The van der Waals surface area contributed by atoms with Gasteiger partial charge in [-0.3, -0.25) is 14.5 Å². The molecule has 2 heterocycles. The topological polar surface area (TPSA) is 79.3 Å². The second-order valence-electron chi connectivity index (χ2n) is 10.1.